The summed E-state index contributed by atoms with van der Waals surface area (Å²) in [5, 5.41) is 2.76. The molecule has 0 fully saturated rings. The van der Waals surface area contributed by atoms with Gasteiger partial charge in [-0.3, -0.25) is 19.4 Å². The normalized spacial score (nSPS) is 21.3. The molecular formula is C25H33N5O5. The number of fused-ring (bicyclic) bond motifs is 1. The topological polar surface area (TPSA) is 114 Å². The highest BCUT2D eigenvalue weighted by Crippen LogP contribution is 2.27. The number of amides is 3. The molecule has 188 valence electrons. The lowest BCUT2D eigenvalue weighted by atomic mass is 10.0. The second kappa shape index (κ2) is 11.7. The lowest BCUT2D eigenvalue weighted by Gasteiger charge is -2.36. The fourth-order valence-electron chi connectivity index (χ4n) is 4.01. The maximum absolute atomic E-state index is 13.3. The van der Waals surface area contributed by atoms with Crippen molar-refractivity contribution in [2.75, 3.05) is 39.2 Å². The molecule has 0 aliphatic carbocycles. The molecule has 0 saturated carbocycles. The second-order valence-corrected chi connectivity index (χ2v) is 8.75. The third-order valence-corrected chi connectivity index (χ3v) is 6.12. The maximum Gasteiger partial charge on any atom is 0.275 e. The van der Waals surface area contributed by atoms with Crippen LogP contribution in [0.5, 0.6) is 5.75 Å². The van der Waals surface area contributed by atoms with Gasteiger partial charge in [0, 0.05) is 63.7 Å². The molecule has 1 aromatic carbocycles. The molecule has 0 radical (unpaired) electrons. The molecule has 0 unspecified atom stereocenters. The smallest absolute Gasteiger partial charge is 0.275 e. The molecule has 2 aromatic rings. The second-order valence-electron chi connectivity index (χ2n) is 8.75. The maximum atomic E-state index is 13.3. The third kappa shape index (κ3) is 6.33. The number of nitrogens with one attached hydrogen (secondary N) is 1. The monoisotopic (exact) mass is 483 g/mol. The molecule has 2 heterocycles. The van der Waals surface area contributed by atoms with E-state index in [0.29, 0.717) is 36.5 Å². The number of methoxy groups -OCH3 is 1. The van der Waals surface area contributed by atoms with Crippen LogP contribution in [0.1, 0.15) is 48.0 Å². The van der Waals surface area contributed by atoms with Crippen LogP contribution in [0, 0.1) is 5.92 Å². The number of likely N-dealkylation sites (N-methyl/N-ethyl adjacent to an activating group) is 1. The Hall–Kier alpha value is -3.53. The Bertz CT molecular complexity index is 1050. The first-order chi connectivity index (χ1) is 16.7. The van der Waals surface area contributed by atoms with E-state index in [0.717, 1.165) is 0 Å². The number of nitrogens with zero attached hydrogens (tertiary/aromatic N) is 4. The Kier molecular flexibility index (Phi) is 8.75. The minimum Gasteiger partial charge on any atom is -0.491 e. The Morgan fingerprint density at radius 3 is 2.66 bits per heavy atom. The summed E-state index contributed by atoms with van der Waals surface area (Å²) in [5.41, 5.74) is 0.965. The lowest BCUT2D eigenvalue weighted by molar-refractivity contribution is -0.135. The van der Waals surface area contributed by atoms with Gasteiger partial charge in [0.15, 0.2) is 0 Å². The minimum absolute atomic E-state index is 0.00534. The van der Waals surface area contributed by atoms with Crippen LogP contribution in [0.15, 0.2) is 36.8 Å². The zero-order valence-electron chi connectivity index (χ0n) is 20.9. The molecule has 35 heavy (non-hydrogen) atoms. The van der Waals surface area contributed by atoms with Crippen molar-refractivity contribution >= 4 is 23.4 Å². The van der Waals surface area contributed by atoms with Gasteiger partial charge in [0.25, 0.3) is 11.8 Å². The largest absolute Gasteiger partial charge is 0.491 e. The van der Waals surface area contributed by atoms with Gasteiger partial charge in [-0.05, 0) is 19.1 Å². The van der Waals surface area contributed by atoms with Crippen LogP contribution in [0.4, 0.5) is 5.69 Å². The van der Waals surface area contributed by atoms with Crippen molar-refractivity contribution in [2.24, 2.45) is 5.92 Å². The number of rotatable bonds is 4. The van der Waals surface area contributed by atoms with Gasteiger partial charge in [-0.2, -0.15) is 0 Å². The van der Waals surface area contributed by atoms with Crippen LogP contribution in [0.2, 0.25) is 0 Å². The number of hydrogen-bond acceptors (Lipinski definition) is 7. The van der Waals surface area contributed by atoms with Gasteiger partial charge in [-0.25, -0.2) is 4.98 Å². The van der Waals surface area contributed by atoms with Crippen molar-refractivity contribution in [3.8, 4) is 5.75 Å². The molecule has 3 rings (SSSR count). The van der Waals surface area contributed by atoms with Crippen LogP contribution in [-0.2, 0) is 9.53 Å². The summed E-state index contributed by atoms with van der Waals surface area (Å²) in [4.78, 5) is 49.8. The van der Waals surface area contributed by atoms with Gasteiger partial charge in [-0.1, -0.05) is 13.8 Å². The van der Waals surface area contributed by atoms with Gasteiger partial charge in [0.1, 0.15) is 18.1 Å². The van der Waals surface area contributed by atoms with Crippen molar-refractivity contribution in [3.05, 3.63) is 48.0 Å². The number of benzene rings is 1. The zero-order chi connectivity index (χ0) is 25.5. The predicted molar refractivity (Wildman–Crippen MR) is 130 cm³/mol. The van der Waals surface area contributed by atoms with E-state index in [1.165, 1.54) is 18.6 Å². The highest BCUT2D eigenvalue weighted by molar-refractivity contribution is 6.03. The minimum atomic E-state index is -0.431. The summed E-state index contributed by atoms with van der Waals surface area (Å²) in [6.45, 7) is 6.78. The fourth-order valence-corrected chi connectivity index (χ4v) is 4.01. The molecule has 0 spiro atoms. The van der Waals surface area contributed by atoms with E-state index in [-0.39, 0.29) is 42.2 Å². The molecule has 1 N–H and O–H groups in total. The first kappa shape index (κ1) is 26.1. The molecule has 3 atom stereocenters. The van der Waals surface area contributed by atoms with Crippen LogP contribution in [0.3, 0.4) is 0 Å². The van der Waals surface area contributed by atoms with E-state index in [9.17, 15) is 14.4 Å². The molecule has 0 bridgehead atoms. The van der Waals surface area contributed by atoms with Gasteiger partial charge in [-0.15, -0.1) is 0 Å². The van der Waals surface area contributed by atoms with Crippen LogP contribution in [0.25, 0.3) is 0 Å². The predicted octanol–water partition coefficient (Wildman–Crippen LogP) is 2.47. The average Bonchev–Trinajstić information content (AvgIpc) is 2.87. The van der Waals surface area contributed by atoms with E-state index in [4.69, 9.17) is 9.47 Å². The van der Waals surface area contributed by atoms with Crippen LogP contribution in [-0.4, -0.2) is 83.5 Å². The van der Waals surface area contributed by atoms with Gasteiger partial charge in [0.05, 0.1) is 23.9 Å². The summed E-state index contributed by atoms with van der Waals surface area (Å²) in [6, 6.07) is 4.63. The van der Waals surface area contributed by atoms with Crippen molar-refractivity contribution in [2.45, 2.75) is 39.3 Å². The van der Waals surface area contributed by atoms with Crippen molar-refractivity contribution < 1.29 is 23.9 Å². The van der Waals surface area contributed by atoms with Gasteiger partial charge in [0.2, 0.25) is 5.91 Å². The first-order valence-electron chi connectivity index (χ1n) is 11.7. The van der Waals surface area contributed by atoms with E-state index < -0.39 is 5.91 Å². The fraction of sp³-hybridized carbons (Fsp3) is 0.480. The molecule has 1 aromatic heterocycles. The highest BCUT2D eigenvalue weighted by Gasteiger charge is 2.30. The molecule has 10 heteroatoms. The Labute approximate surface area is 205 Å². The Balaban J connectivity index is 1.94. The standard InChI is InChI=1S/C25H33N5O5/c1-6-23(31)30-13-16(2)22(34-5)14-29(4)25(33)19-8-7-18(11-21(19)35-15-17(30)3)28-24(32)20-12-26-9-10-27-20/h7-12,16-17,22H,6,13-15H2,1-5H3,(H,28,32)/t16-,17+,22+/m1/s1. The Morgan fingerprint density at radius 2 is 2.00 bits per heavy atom. The van der Waals surface area contributed by atoms with Gasteiger partial charge < -0.3 is 24.6 Å². The average molecular weight is 484 g/mol. The molecule has 1 aliphatic rings. The zero-order valence-corrected chi connectivity index (χ0v) is 20.9. The molecule has 3 amide bonds. The van der Waals surface area contributed by atoms with Crippen LogP contribution < -0.4 is 10.1 Å². The lowest BCUT2D eigenvalue weighted by Crippen LogP contribution is -2.48. The number of anilines is 1. The molecule has 1 aliphatic heterocycles. The van der Waals surface area contributed by atoms with E-state index in [1.54, 1.807) is 42.2 Å². The molecular weight excluding hydrogens is 450 g/mol. The van der Waals surface area contributed by atoms with Gasteiger partial charge >= 0.3 is 0 Å². The van der Waals surface area contributed by atoms with Crippen molar-refractivity contribution in [3.63, 3.8) is 0 Å². The summed E-state index contributed by atoms with van der Waals surface area (Å²) in [7, 11) is 3.32. The third-order valence-electron chi connectivity index (χ3n) is 6.12. The highest BCUT2D eigenvalue weighted by atomic mass is 16.5. The summed E-state index contributed by atoms with van der Waals surface area (Å²) >= 11 is 0. The number of carbonyl (C=O) groups is 3. The van der Waals surface area contributed by atoms with E-state index >= 15 is 0 Å². The number of ether oxygens (including phenoxy) is 2. The Morgan fingerprint density at radius 1 is 1.23 bits per heavy atom. The quantitative estimate of drug-likeness (QED) is 0.711. The number of hydrogen-bond donors (Lipinski definition) is 1. The van der Waals surface area contributed by atoms with Crippen molar-refractivity contribution in [1.82, 2.24) is 19.8 Å². The first-order valence-corrected chi connectivity index (χ1v) is 11.7. The molecule has 0 saturated heterocycles. The summed E-state index contributed by atoms with van der Waals surface area (Å²) in [6.07, 6.45) is 4.41. The van der Waals surface area contributed by atoms with Crippen molar-refractivity contribution in [1.29, 1.82) is 0 Å². The summed E-state index contributed by atoms with van der Waals surface area (Å²) in [5.74, 6) is -0.312. The number of aromatic nitrogens is 2. The number of carbonyl (C=O) groups excluding carboxylic acids is 3. The van der Waals surface area contributed by atoms with E-state index in [2.05, 4.69) is 15.3 Å². The SMILES string of the molecule is CCC(=O)N1C[C@@H](C)[C@@H](OC)CN(C)C(=O)c2ccc(NC(=O)c3cnccn3)cc2OC[C@@H]1C. The summed E-state index contributed by atoms with van der Waals surface area (Å²) < 4.78 is 11.8. The molecule has 10 nitrogen and oxygen atoms in total. The van der Waals surface area contributed by atoms with Crippen LogP contribution >= 0.6 is 0 Å². The van der Waals surface area contributed by atoms with E-state index in [1.807, 2.05) is 20.8 Å².